The molecule has 1 atom stereocenters. The molecule has 1 amide bonds. The van der Waals surface area contributed by atoms with Gasteiger partial charge in [0.15, 0.2) is 11.6 Å². The molecule has 0 aliphatic heterocycles. The number of nitrogens with one attached hydrogen (secondary N) is 2. The van der Waals surface area contributed by atoms with Crippen molar-refractivity contribution in [3.05, 3.63) is 41.2 Å². The molecule has 2 aromatic rings. The number of aromatic amines is 1. The number of hydrogen-bond acceptors (Lipinski definition) is 4. The average Bonchev–Trinajstić information content (AvgIpc) is 2.96. The van der Waals surface area contributed by atoms with Gasteiger partial charge in [0, 0.05) is 6.42 Å². The van der Waals surface area contributed by atoms with Crippen molar-refractivity contribution in [3.8, 4) is 5.75 Å². The second-order valence-electron chi connectivity index (χ2n) is 4.55. The Balaban J connectivity index is 2.08. The summed E-state index contributed by atoms with van der Waals surface area (Å²) in [5.41, 5.74) is 0.632. The molecule has 0 radical (unpaired) electrons. The highest BCUT2D eigenvalue weighted by Crippen LogP contribution is 2.21. The fourth-order valence-electron chi connectivity index (χ4n) is 1.85. The zero-order valence-corrected chi connectivity index (χ0v) is 12.1. The van der Waals surface area contributed by atoms with Crippen LogP contribution in [0.5, 0.6) is 5.75 Å². The number of amides is 1. The predicted octanol–water partition coefficient (Wildman–Crippen LogP) is 2.01. The Morgan fingerprint density at radius 2 is 2.29 bits per heavy atom. The number of aryl methyl sites for hydroxylation is 1. The molecule has 7 heteroatoms. The van der Waals surface area contributed by atoms with E-state index < -0.39 is 11.7 Å². The van der Waals surface area contributed by atoms with Crippen LogP contribution in [0.1, 0.15) is 41.9 Å². The van der Waals surface area contributed by atoms with Gasteiger partial charge in [-0.1, -0.05) is 13.0 Å². The first-order valence-corrected chi connectivity index (χ1v) is 6.60. The molecule has 0 saturated heterocycles. The van der Waals surface area contributed by atoms with Crippen LogP contribution in [-0.2, 0) is 6.42 Å². The highest BCUT2D eigenvalue weighted by atomic mass is 19.1. The number of benzene rings is 1. The second-order valence-corrected chi connectivity index (χ2v) is 4.55. The minimum absolute atomic E-state index is 0.0766. The third kappa shape index (κ3) is 3.36. The Labute approximate surface area is 121 Å². The van der Waals surface area contributed by atoms with Gasteiger partial charge in [0.1, 0.15) is 5.82 Å². The van der Waals surface area contributed by atoms with Gasteiger partial charge < -0.3 is 10.1 Å². The van der Waals surface area contributed by atoms with Crippen LogP contribution in [-0.4, -0.2) is 28.2 Å². The summed E-state index contributed by atoms with van der Waals surface area (Å²) in [6.07, 6.45) is 0.666. The first-order chi connectivity index (χ1) is 10.0. The molecule has 1 aromatic carbocycles. The lowest BCUT2D eigenvalue weighted by molar-refractivity contribution is 0.0929. The number of carbonyl (C=O) groups excluding carboxylic acids is 1. The average molecular weight is 292 g/mol. The molecule has 21 heavy (non-hydrogen) atoms. The van der Waals surface area contributed by atoms with Crippen LogP contribution in [0.25, 0.3) is 0 Å². The Hall–Kier alpha value is -2.44. The highest BCUT2D eigenvalue weighted by Gasteiger charge is 2.16. The van der Waals surface area contributed by atoms with Gasteiger partial charge in [-0.15, -0.1) is 5.10 Å². The maximum atomic E-state index is 13.7. The van der Waals surface area contributed by atoms with Gasteiger partial charge in [-0.3, -0.25) is 9.89 Å². The van der Waals surface area contributed by atoms with Crippen molar-refractivity contribution < 1.29 is 13.9 Å². The van der Waals surface area contributed by atoms with E-state index in [4.69, 9.17) is 4.74 Å². The van der Waals surface area contributed by atoms with Crippen LogP contribution in [0, 0.1) is 5.82 Å². The van der Waals surface area contributed by atoms with Crippen molar-refractivity contribution in [1.82, 2.24) is 20.5 Å². The van der Waals surface area contributed by atoms with E-state index in [9.17, 15) is 9.18 Å². The SMILES string of the molecule is CCc1nc(C(=O)NC(C)c2ccc(OC)c(F)c2)n[nH]1. The predicted molar refractivity (Wildman–Crippen MR) is 74.6 cm³/mol. The van der Waals surface area contributed by atoms with Gasteiger partial charge in [0.25, 0.3) is 5.91 Å². The molecule has 0 fully saturated rings. The van der Waals surface area contributed by atoms with E-state index in [2.05, 4.69) is 20.5 Å². The lowest BCUT2D eigenvalue weighted by atomic mass is 10.1. The van der Waals surface area contributed by atoms with Crippen LogP contribution in [0.2, 0.25) is 0 Å². The third-order valence-corrected chi connectivity index (χ3v) is 3.09. The summed E-state index contributed by atoms with van der Waals surface area (Å²) in [7, 11) is 1.40. The molecule has 2 rings (SSSR count). The molecule has 0 spiro atoms. The number of halogens is 1. The molecule has 0 saturated carbocycles. The van der Waals surface area contributed by atoms with Gasteiger partial charge in [0.2, 0.25) is 5.82 Å². The van der Waals surface area contributed by atoms with Crippen LogP contribution in [0.3, 0.4) is 0 Å². The van der Waals surface area contributed by atoms with E-state index in [0.29, 0.717) is 17.8 Å². The number of aromatic nitrogens is 3. The van der Waals surface area contributed by atoms with E-state index in [1.54, 1.807) is 13.0 Å². The zero-order chi connectivity index (χ0) is 15.4. The summed E-state index contributed by atoms with van der Waals surface area (Å²) in [6, 6.07) is 4.18. The normalized spacial score (nSPS) is 12.0. The first kappa shape index (κ1) is 15.0. The maximum absolute atomic E-state index is 13.7. The van der Waals surface area contributed by atoms with Crippen LogP contribution < -0.4 is 10.1 Å². The van der Waals surface area contributed by atoms with Crippen LogP contribution in [0.4, 0.5) is 4.39 Å². The van der Waals surface area contributed by atoms with Crippen molar-refractivity contribution in [1.29, 1.82) is 0 Å². The van der Waals surface area contributed by atoms with E-state index >= 15 is 0 Å². The summed E-state index contributed by atoms with van der Waals surface area (Å²) < 4.78 is 18.5. The highest BCUT2D eigenvalue weighted by molar-refractivity contribution is 5.90. The number of nitrogens with zero attached hydrogens (tertiary/aromatic N) is 2. The maximum Gasteiger partial charge on any atom is 0.291 e. The van der Waals surface area contributed by atoms with E-state index in [0.717, 1.165) is 0 Å². The largest absolute Gasteiger partial charge is 0.494 e. The number of rotatable bonds is 5. The number of hydrogen-bond donors (Lipinski definition) is 2. The quantitative estimate of drug-likeness (QED) is 0.883. The zero-order valence-electron chi connectivity index (χ0n) is 12.1. The standard InChI is InChI=1S/C14H17FN4O2/c1-4-12-17-13(19-18-12)14(20)16-8(2)9-5-6-11(21-3)10(15)7-9/h5-8H,4H2,1-3H3,(H,16,20)(H,17,18,19). The summed E-state index contributed by atoms with van der Waals surface area (Å²) in [5.74, 6) is 0.00625. The molecule has 2 N–H and O–H groups in total. The van der Waals surface area contributed by atoms with Gasteiger partial charge in [-0.05, 0) is 24.6 Å². The molecule has 1 unspecified atom stereocenters. The second kappa shape index (κ2) is 6.34. The van der Waals surface area contributed by atoms with Crippen molar-refractivity contribution in [2.75, 3.05) is 7.11 Å². The smallest absolute Gasteiger partial charge is 0.291 e. The Bertz CT molecular complexity index is 642. The molecule has 1 heterocycles. The summed E-state index contributed by atoms with van der Waals surface area (Å²) in [6.45, 7) is 3.66. The van der Waals surface area contributed by atoms with Crippen molar-refractivity contribution >= 4 is 5.91 Å². The third-order valence-electron chi connectivity index (χ3n) is 3.09. The minimum Gasteiger partial charge on any atom is -0.494 e. The molecular weight excluding hydrogens is 275 g/mol. The topological polar surface area (TPSA) is 79.9 Å². The summed E-state index contributed by atoms with van der Waals surface area (Å²) in [4.78, 5) is 16.0. The van der Waals surface area contributed by atoms with Crippen LogP contribution in [0.15, 0.2) is 18.2 Å². The first-order valence-electron chi connectivity index (χ1n) is 6.60. The van der Waals surface area contributed by atoms with E-state index in [-0.39, 0.29) is 17.6 Å². The molecule has 0 bridgehead atoms. The van der Waals surface area contributed by atoms with Gasteiger partial charge in [-0.25, -0.2) is 9.37 Å². The molecule has 112 valence electrons. The number of methoxy groups -OCH3 is 1. The lowest BCUT2D eigenvalue weighted by Gasteiger charge is -2.14. The molecule has 0 aliphatic carbocycles. The van der Waals surface area contributed by atoms with Crippen molar-refractivity contribution in [3.63, 3.8) is 0 Å². The number of H-pyrrole nitrogens is 1. The Morgan fingerprint density at radius 3 is 2.86 bits per heavy atom. The number of ether oxygens (including phenoxy) is 1. The summed E-state index contributed by atoms with van der Waals surface area (Å²) in [5, 5.41) is 9.23. The van der Waals surface area contributed by atoms with Crippen LogP contribution >= 0.6 is 0 Å². The molecule has 6 nitrogen and oxygen atoms in total. The molecule has 1 aromatic heterocycles. The molecular formula is C14H17FN4O2. The van der Waals surface area contributed by atoms with E-state index in [1.807, 2.05) is 6.92 Å². The van der Waals surface area contributed by atoms with Gasteiger partial charge in [-0.2, -0.15) is 0 Å². The van der Waals surface area contributed by atoms with Crippen molar-refractivity contribution in [2.45, 2.75) is 26.3 Å². The fraction of sp³-hybridized carbons (Fsp3) is 0.357. The van der Waals surface area contributed by atoms with Gasteiger partial charge >= 0.3 is 0 Å². The Morgan fingerprint density at radius 1 is 1.52 bits per heavy atom. The fourth-order valence-corrected chi connectivity index (χ4v) is 1.85. The monoisotopic (exact) mass is 292 g/mol. The van der Waals surface area contributed by atoms with E-state index in [1.165, 1.54) is 19.2 Å². The number of carbonyl (C=O) groups is 1. The lowest BCUT2D eigenvalue weighted by Crippen LogP contribution is -2.27. The van der Waals surface area contributed by atoms with Gasteiger partial charge in [0.05, 0.1) is 13.2 Å². The Kier molecular flexibility index (Phi) is 4.52. The molecule has 0 aliphatic rings. The minimum atomic E-state index is -0.470. The van der Waals surface area contributed by atoms with Crippen molar-refractivity contribution in [2.24, 2.45) is 0 Å². The summed E-state index contributed by atoms with van der Waals surface area (Å²) >= 11 is 0.